The van der Waals surface area contributed by atoms with Gasteiger partial charge in [0.05, 0.1) is 0 Å². The Kier molecular flexibility index (Phi) is 4.02. The standard InChI is InChI=1S/C14H23N3/c1-16(2)14-7-4-8-17(11-14)10-12-5-3-6-13(15)9-12/h3,5-6,9,14H,4,7-8,10-11,15H2,1-2H3. The average Bonchev–Trinajstić information content (AvgIpc) is 2.29. The van der Waals surface area contributed by atoms with Crippen molar-refractivity contribution >= 4 is 5.69 Å². The van der Waals surface area contributed by atoms with E-state index >= 15 is 0 Å². The molecule has 17 heavy (non-hydrogen) atoms. The van der Waals surface area contributed by atoms with Gasteiger partial charge in [-0.25, -0.2) is 0 Å². The average molecular weight is 233 g/mol. The Morgan fingerprint density at radius 3 is 2.94 bits per heavy atom. The first-order valence-corrected chi connectivity index (χ1v) is 6.38. The van der Waals surface area contributed by atoms with Crippen LogP contribution in [0.3, 0.4) is 0 Å². The third-order valence-electron chi connectivity index (χ3n) is 3.57. The molecule has 0 bridgehead atoms. The van der Waals surface area contributed by atoms with Crippen LogP contribution in [0.1, 0.15) is 18.4 Å². The van der Waals surface area contributed by atoms with Crippen molar-refractivity contribution in [2.75, 3.05) is 32.9 Å². The Balaban J connectivity index is 1.94. The topological polar surface area (TPSA) is 32.5 Å². The molecule has 1 heterocycles. The summed E-state index contributed by atoms with van der Waals surface area (Å²) in [5.41, 5.74) is 8.00. The molecule has 0 aromatic heterocycles. The van der Waals surface area contributed by atoms with E-state index in [-0.39, 0.29) is 0 Å². The normalized spacial score (nSPS) is 21.9. The van der Waals surface area contributed by atoms with Crippen LogP contribution in [0.15, 0.2) is 24.3 Å². The predicted octanol–water partition coefficient (Wildman–Crippen LogP) is 1.79. The van der Waals surface area contributed by atoms with Crippen LogP contribution in [0.2, 0.25) is 0 Å². The molecule has 2 N–H and O–H groups in total. The Morgan fingerprint density at radius 1 is 1.41 bits per heavy atom. The number of likely N-dealkylation sites (N-methyl/N-ethyl adjacent to an activating group) is 1. The van der Waals surface area contributed by atoms with Crippen molar-refractivity contribution < 1.29 is 0 Å². The second-order valence-electron chi connectivity index (χ2n) is 5.24. The Hall–Kier alpha value is -1.06. The highest BCUT2D eigenvalue weighted by molar-refractivity contribution is 5.40. The zero-order valence-electron chi connectivity index (χ0n) is 10.9. The van der Waals surface area contributed by atoms with E-state index in [9.17, 15) is 0 Å². The van der Waals surface area contributed by atoms with Crippen LogP contribution in [0.4, 0.5) is 5.69 Å². The lowest BCUT2D eigenvalue weighted by molar-refractivity contribution is 0.128. The second kappa shape index (κ2) is 5.52. The molecule has 0 saturated carbocycles. The molecule has 94 valence electrons. The SMILES string of the molecule is CN(C)C1CCCN(Cc2cccc(N)c2)C1. The van der Waals surface area contributed by atoms with Crippen molar-refractivity contribution in [3.05, 3.63) is 29.8 Å². The van der Waals surface area contributed by atoms with Gasteiger partial charge in [-0.1, -0.05) is 12.1 Å². The summed E-state index contributed by atoms with van der Waals surface area (Å²) in [6.07, 6.45) is 2.62. The van der Waals surface area contributed by atoms with Gasteiger partial charge in [0, 0.05) is 24.8 Å². The number of hydrogen-bond donors (Lipinski definition) is 1. The van der Waals surface area contributed by atoms with E-state index in [0.717, 1.165) is 12.2 Å². The number of rotatable bonds is 3. The van der Waals surface area contributed by atoms with E-state index in [4.69, 9.17) is 5.73 Å². The molecule has 1 fully saturated rings. The maximum atomic E-state index is 5.81. The minimum absolute atomic E-state index is 0.699. The first-order valence-electron chi connectivity index (χ1n) is 6.38. The molecule has 1 aliphatic heterocycles. The van der Waals surface area contributed by atoms with Gasteiger partial charge in [-0.15, -0.1) is 0 Å². The summed E-state index contributed by atoms with van der Waals surface area (Å²) in [5, 5.41) is 0. The Labute approximate surface area is 104 Å². The van der Waals surface area contributed by atoms with Crippen LogP contribution in [-0.2, 0) is 6.54 Å². The minimum Gasteiger partial charge on any atom is -0.399 e. The lowest BCUT2D eigenvalue weighted by Crippen LogP contribution is -2.44. The predicted molar refractivity (Wildman–Crippen MR) is 72.8 cm³/mol. The lowest BCUT2D eigenvalue weighted by atomic mass is 10.0. The zero-order chi connectivity index (χ0) is 12.3. The molecule has 1 atom stereocenters. The summed E-state index contributed by atoms with van der Waals surface area (Å²) < 4.78 is 0. The molecule has 1 aromatic rings. The van der Waals surface area contributed by atoms with E-state index in [1.54, 1.807) is 0 Å². The molecule has 0 radical (unpaired) electrons. The molecule has 2 rings (SSSR count). The van der Waals surface area contributed by atoms with E-state index < -0.39 is 0 Å². The molecular formula is C14H23N3. The number of hydrogen-bond acceptors (Lipinski definition) is 3. The van der Waals surface area contributed by atoms with Gasteiger partial charge < -0.3 is 10.6 Å². The zero-order valence-corrected chi connectivity index (χ0v) is 10.9. The number of anilines is 1. The van der Waals surface area contributed by atoms with Crippen molar-refractivity contribution in [3.63, 3.8) is 0 Å². The van der Waals surface area contributed by atoms with Gasteiger partial charge >= 0.3 is 0 Å². The largest absolute Gasteiger partial charge is 0.399 e. The molecule has 1 aromatic carbocycles. The molecule has 3 heteroatoms. The molecule has 0 spiro atoms. The van der Waals surface area contributed by atoms with Crippen LogP contribution in [0, 0.1) is 0 Å². The quantitative estimate of drug-likeness (QED) is 0.808. The van der Waals surface area contributed by atoms with Gasteiger partial charge in [-0.2, -0.15) is 0 Å². The van der Waals surface area contributed by atoms with Crippen molar-refractivity contribution in [2.24, 2.45) is 0 Å². The molecular weight excluding hydrogens is 210 g/mol. The van der Waals surface area contributed by atoms with Crippen LogP contribution in [0.25, 0.3) is 0 Å². The van der Waals surface area contributed by atoms with Crippen molar-refractivity contribution in [2.45, 2.75) is 25.4 Å². The van der Waals surface area contributed by atoms with E-state index in [2.05, 4.69) is 36.0 Å². The number of benzene rings is 1. The monoisotopic (exact) mass is 233 g/mol. The van der Waals surface area contributed by atoms with E-state index in [1.165, 1.54) is 31.5 Å². The third-order valence-corrected chi connectivity index (χ3v) is 3.57. The second-order valence-corrected chi connectivity index (χ2v) is 5.24. The fourth-order valence-electron chi connectivity index (χ4n) is 2.55. The lowest BCUT2D eigenvalue weighted by Gasteiger charge is -2.36. The summed E-state index contributed by atoms with van der Waals surface area (Å²) in [7, 11) is 4.35. The maximum absolute atomic E-state index is 5.81. The highest BCUT2D eigenvalue weighted by atomic mass is 15.2. The molecule has 3 nitrogen and oxygen atoms in total. The summed E-state index contributed by atoms with van der Waals surface area (Å²) in [6, 6.07) is 8.93. The molecule has 0 amide bonds. The van der Waals surface area contributed by atoms with Gasteiger partial charge in [0.15, 0.2) is 0 Å². The van der Waals surface area contributed by atoms with Gasteiger partial charge in [0.2, 0.25) is 0 Å². The Morgan fingerprint density at radius 2 is 2.24 bits per heavy atom. The maximum Gasteiger partial charge on any atom is 0.0317 e. The van der Waals surface area contributed by atoms with E-state index in [0.29, 0.717) is 6.04 Å². The van der Waals surface area contributed by atoms with Crippen LogP contribution < -0.4 is 5.73 Å². The van der Waals surface area contributed by atoms with Crippen LogP contribution >= 0.6 is 0 Å². The first kappa shape index (κ1) is 12.4. The van der Waals surface area contributed by atoms with Crippen LogP contribution in [0.5, 0.6) is 0 Å². The number of nitrogen functional groups attached to an aromatic ring is 1. The first-order chi connectivity index (χ1) is 8.15. The Bertz CT molecular complexity index is 362. The summed E-state index contributed by atoms with van der Waals surface area (Å²) in [4.78, 5) is 4.87. The fourth-order valence-corrected chi connectivity index (χ4v) is 2.55. The highest BCUT2D eigenvalue weighted by Gasteiger charge is 2.21. The third kappa shape index (κ3) is 3.45. The molecule has 1 saturated heterocycles. The number of nitrogens with zero attached hydrogens (tertiary/aromatic N) is 2. The van der Waals surface area contributed by atoms with Crippen molar-refractivity contribution in [1.82, 2.24) is 9.80 Å². The van der Waals surface area contributed by atoms with E-state index in [1.807, 2.05) is 12.1 Å². The summed E-state index contributed by atoms with van der Waals surface area (Å²) in [6.45, 7) is 3.40. The number of likely N-dealkylation sites (tertiary alicyclic amines) is 1. The van der Waals surface area contributed by atoms with Crippen molar-refractivity contribution in [3.8, 4) is 0 Å². The van der Waals surface area contributed by atoms with Gasteiger partial charge in [-0.05, 0) is 51.2 Å². The summed E-state index contributed by atoms with van der Waals surface area (Å²) >= 11 is 0. The minimum atomic E-state index is 0.699. The smallest absolute Gasteiger partial charge is 0.0317 e. The summed E-state index contributed by atoms with van der Waals surface area (Å²) in [5.74, 6) is 0. The number of nitrogens with two attached hydrogens (primary N) is 1. The number of piperidine rings is 1. The van der Waals surface area contributed by atoms with Crippen molar-refractivity contribution in [1.29, 1.82) is 0 Å². The van der Waals surface area contributed by atoms with Crippen LogP contribution in [-0.4, -0.2) is 43.0 Å². The molecule has 0 aliphatic carbocycles. The van der Waals surface area contributed by atoms with Gasteiger partial charge in [0.25, 0.3) is 0 Å². The molecule has 1 unspecified atom stereocenters. The van der Waals surface area contributed by atoms with Gasteiger partial charge in [-0.3, -0.25) is 4.90 Å². The molecule has 1 aliphatic rings. The fraction of sp³-hybridized carbons (Fsp3) is 0.571. The highest BCUT2D eigenvalue weighted by Crippen LogP contribution is 2.17. The van der Waals surface area contributed by atoms with Gasteiger partial charge in [0.1, 0.15) is 0 Å².